The van der Waals surface area contributed by atoms with Crippen molar-refractivity contribution >= 4 is 87.4 Å². The fraction of sp³-hybridized carbons (Fsp3) is 0.400. The van der Waals surface area contributed by atoms with Crippen molar-refractivity contribution in [3.8, 4) is 0 Å². The Bertz CT molecular complexity index is 2260. The summed E-state index contributed by atoms with van der Waals surface area (Å²) in [4.78, 5) is 20.0. The van der Waals surface area contributed by atoms with Crippen LogP contribution in [-0.4, -0.2) is 22.2 Å². The minimum Gasteiger partial charge on any atom is -0.506 e. The van der Waals surface area contributed by atoms with Crippen molar-refractivity contribution in [1.29, 1.82) is 0 Å². The quantitative estimate of drug-likeness (QED) is 0.155. The zero-order valence-electron chi connectivity index (χ0n) is 27.7. The number of nitrogens with zero attached hydrogens (tertiary/aromatic N) is 1. The molecule has 4 unspecified atom stereocenters. The standard InChI is InChI=1S/C40H40Br2N4O2/c1-19-13-20(2)16-39(15-19)43-29-11-9-27(41)23-5-7-25(35(45-39)31(23)29)33-37(47)34(38(33)48)26-8-6-24-28(42)10-12-30-32(24)36(26)46-40(44-30)17-21(3)14-22(4)18-40/h5-12,19-22,43-45,47H,13-18H2,1-4H3/b34-26+. The number of nitrogens with one attached hydrogen (secondary N) is 3. The van der Waals surface area contributed by atoms with Crippen LogP contribution in [0.1, 0.15) is 71.8 Å². The summed E-state index contributed by atoms with van der Waals surface area (Å²) in [5, 5.41) is 29.3. The molecule has 0 amide bonds. The number of carbonyl (C=O) groups is 1. The molecule has 48 heavy (non-hydrogen) atoms. The van der Waals surface area contributed by atoms with Crippen LogP contribution in [0.5, 0.6) is 0 Å². The van der Waals surface area contributed by atoms with Crippen LogP contribution in [-0.2, 0) is 4.79 Å². The lowest BCUT2D eigenvalue weighted by atomic mass is 9.74. The van der Waals surface area contributed by atoms with Gasteiger partial charge in [0, 0.05) is 52.6 Å². The monoisotopic (exact) mass is 766 g/mol. The number of halogens is 2. The minimum atomic E-state index is -0.442. The number of hydrogen-bond acceptors (Lipinski definition) is 6. The molecule has 4 aromatic carbocycles. The number of anilines is 3. The lowest BCUT2D eigenvalue weighted by Crippen LogP contribution is -2.53. The van der Waals surface area contributed by atoms with Crippen LogP contribution in [0, 0.1) is 23.7 Å². The predicted octanol–water partition coefficient (Wildman–Crippen LogP) is 9.41. The number of ketones is 1. The van der Waals surface area contributed by atoms with E-state index in [-0.39, 0.29) is 17.2 Å². The van der Waals surface area contributed by atoms with Gasteiger partial charge in [-0.15, -0.1) is 0 Å². The SMILES string of the molecule is CC1CC(C)CC2(C1)N=c1/c(=C3/C(=O)C(c4ccc5c(Br)ccc6c5c4NC4(CC(C)CC(C)C4)N6)=C3O)ccc3c(Br)ccc(c13)N2. The van der Waals surface area contributed by atoms with Gasteiger partial charge in [0.05, 0.1) is 22.2 Å². The molecule has 2 spiro atoms. The van der Waals surface area contributed by atoms with Gasteiger partial charge in [-0.3, -0.25) is 9.79 Å². The molecule has 0 radical (unpaired) electrons. The predicted molar refractivity (Wildman–Crippen MR) is 203 cm³/mol. The lowest BCUT2D eigenvalue weighted by molar-refractivity contribution is -0.109. The first kappa shape index (κ1) is 30.7. The molecular formula is C40H40Br2N4O2. The van der Waals surface area contributed by atoms with Crippen LogP contribution in [0.4, 0.5) is 17.1 Å². The topological polar surface area (TPSA) is 85.8 Å². The van der Waals surface area contributed by atoms with Gasteiger partial charge in [-0.2, -0.15) is 0 Å². The Labute approximate surface area is 297 Å². The Hall–Kier alpha value is -3.36. The molecule has 4 N–H and O–H groups in total. The number of aliphatic hydroxyl groups is 1. The van der Waals surface area contributed by atoms with Gasteiger partial charge < -0.3 is 21.1 Å². The normalized spacial score (nSPS) is 31.8. The van der Waals surface area contributed by atoms with Crippen molar-refractivity contribution in [3.63, 3.8) is 0 Å². The molecule has 2 saturated carbocycles. The fourth-order valence-corrected chi connectivity index (χ4v) is 11.1. The highest BCUT2D eigenvalue weighted by atomic mass is 79.9. The van der Waals surface area contributed by atoms with Crippen LogP contribution in [0.15, 0.2) is 68.2 Å². The van der Waals surface area contributed by atoms with E-state index in [0.29, 0.717) is 40.0 Å². The second-order valence-electron chi connectivity index (χ2n) is 15.7. The summed E-state index contributed by atoms with van der Waals surface area (Å²) in [5.74, 6) is 2.07. The maximum Gasteiger partial charge on any atom is 0.201 e. The first-order valence-electron chi connectivity index (χ1n) is 17.4. The number of rotatable bonds is 1. The third-order valence-electron chi connectivity index (χ3n) is 11.5. The Morgan fingerprint density at radius 3 is 1.94 bits per heavy atom. The number of carbonyl (C=O) groups excluding carboxylic acids is 1. The maximum absolute atomic E-state index is 14.5. The van der Waals surface area contributed by atoms with Gasteiger partial charge in [-0.1, -0.05) is 83.8 Å². The summed E-state index contributed by atoms with van der Waals surface area (Å²) in [6.45, 7) is 9.26. The molecular weight excluding hydrogens is 728 g/mol. The second kappa shape index (κ2) is 10.6. The van der Waals surface area contributed by atoms with Crippen molar-refractivity contribution in [2.75, 3.05) is 16.0 Å². The van der Waals surface area contributed by atoms with Gasteiger partial charge in [0.2, 0.25) is 5.78 Å². The van der Waals surface area contributed by atoms with Crippen LogP contribution >= 0.6 is 31.9 Å². The summed E-state index contributed by atoms with van der Waals surface area (Å²) in [5.41, 5.74) is 3.73. The van der Waals surface area contributed by atoms with Crippen LogP contribution in [0.3, 0.4) is 0 Å². The summed E-state index contributed by atoms with van der Waals surface area (Å²) in [7, 11) is 0. The molecule has 2 heterocycles. The molecule has 4 atom stereocenters. The smallest absolute Gasteiger partial charge is 0.201 e. The van der Waals surface area contributed by atoms with E-state index >= 15 is 0 Å². The summed E-state index contributed by atoms with van der Waals surface area (Å²) < 4.78 is 1.98. The average Bonchev–Trinajstić information content (AvgIpc) is 3.01. The van der Waals surface area contributed by atoms with Crippen molar-refractivity contribution in [2.24, 2.45) is 28.7 Å². The lowest BCUT2D eigenvalue weighted by Gasteiger charge is -2.48. The van der Waals surface area contributed by atoms with Gasteiger partial charge in [0.25, 0.3) is 0 Å². The zero-order chi connectivity index (χ0) is 33.3. The fourth-order valence-electron chi connectivity index (χ4n) is 10.2. The van der Waals surface area contributed by atoms with E-state index in [0.717, 1.165) is 84.2 Å². The third kappa shape index (κ3) is 4.47. The summed E-state index contributed by atoms with van der Waals surface area (Å²) in [6, 6.07) is 16.5. The van der Waals surface area contributed by atoms with Gasteiger partial charge in [0.15, 0.2) is 0 Å². The first-order valence-corrected chi connectivity index (χ1v) is 19.0. The highest BCUT2D eigenvalue weighted by Crippen LogP contribution is 2.51. The van der Waals surface area contributed by atoms with E-state index in [9.17, 15) is 9.90 Å². The second-order valence-corrected chi connectivity index (χ2v) is 17.4. The van der Waals surface area contributed by atoms with E-state index in [2.05, 4.69) is 106 Å². The number of allylic oxidation sites excluding steroid dienone is 2. The molecule has 4 aromatic rings. The number of aliphatic hydroxyl groups excluding tert-OH is 1. The molecule has 2 fully saturated rings. The number of Topliss-reactive ketones (excluding diaryl/α,β-unsaturated/α-hetero) is 1. The minimum absolute atomic E-state index is 0.0484. The van der Waals surface area contributed by atoms with Gasteiger partial charge in [0.1, 0.15) is 17.1 Å². The molecule has 2 aliphatic heterocycles. The van der Waals surface area contributed by atoms with E-state index in [4.69, 9.17) is 4.99 Å². The molecule has 0 saturated heterocycles. The van der Waals surface area contributed by atoms with Crippen LogP contribution in [0.2, 0.25) is 0 Å². The number of hydrogen-bond donors (Lipinski definition) is 4. The van der Waals surface area contributed by atoms with Crippen molar-refractivity contribution in [2.45, 2.75) is 77.5 Å². The summed E-state index contributed by atoms with van der Waals surface area (Å²) in [6.07, 6.45) is 6.19. The highest BCUT2D eigenvalue weighted by Gasteiger charge is 2.45. The van der Waals surface area contributed by atoms with E-state index in [1.807, 2.05) is 18.2 Å². The van der Waals surface area contributed by atoms with Gasteiger partial charge >= 0.3 is 0 Å². The van der Waals surface area contributed by atoms with Crippen LogP contribution < -0.4 is 26.5 Å². The zero-order valence-corrected chi connectivity index (χ0v) is 30.9. The molecule has 3 aliphatic carbocycles. The van der Waals surface area contributed by atoms with Gasteiger partial charge in [-0.25, -0.2) is 0 Å². The van der Waals surface area contributed by atoms with E-state index in [1.54, 1.807) is 0 Å². The molecule has 246 valence electrons. The van der Waals surface area contributed by atoms with Crippen molar-refractivity contribution in [1.82, 2.24) is 0 Å². The molecule has 8 heteroatoms. The largest absolute Gasteiger partial charge is 0.506 e. The Kier molecular flexibility index (Phi) is 6.76. The summed E-state index contributed by atoms with van der Waals surface area (Å²) >= 11 is 7.52. The van der Waals surface area contributed by atoms with E-state index in [1.165, 1.54) is 12.8 Å². The van der Waals surface area contributed by atoms with Crippen molar-refractivity contribution < 1.29 is 9.90 Å². The van der Waals surface area contributed by atoms with E-state index < -0.39 is 5.66 Å². The number of benzene rings is 4. The third-order valence-corrected chi connectivity index (χ3v) is 12.9. The van der Waals surface area contributed by atoms with Crippen molar-refractivity contribution in [3.05, 3.63) is 79.4 Å². The molecule has 5 aliphatic rings. The Balaban J connectivity index is 1.27. The molecule has 6 nitrogen and oxygen atoms in total. The first-order chi connectivity index (χ1) is 22.9. The molecule has 9 rings (SSSR count). The molecule has 0 bridgehead atoms. The van der Waals surface area contributed by atoms with Crippen LogP contribution in [0.25, 0.3) is 32.7 Å². The van der Waals surface area contributed by atoms with Gasteiger partial charge in [-0.05, 0) is 86.5 Å². The maximum atomic E-state index is 14.5. The Morgan fingerprint density at radius 1 is 0.708 bits per heavy atom. The average molecular weight is 769 g/mol. The highest BCUT2D eigenvalue weighted by molar-refractivity contribution is 9.11. The Morgan fingerprint density at radius 2 is 1.29 bits per heavy atom. The molecule has 0 aromatic heterocycles.